The lowest BCUT2D eigenvalue weighted by Gasteiger charge is -2.04. The first-order chi connectivity index (χ1) is 8.56. The molecule has 0 rings (SSSR count). The molecule has 0 aromatic heterocycles. The molecule has 0 bridgehead atoms. The van der Waals surface area contributed by atoms with Gasteiger partial charge in [-0.05, 0) is 12.5 Å². The maximum atomic E-state index is 10.6. The lowest BCUT2D eigenvalue weighted by Crippen LogP contribution is -1.92. The van der Waals surface area contributed by atoms with Gasteiger partial charge in [-0.25, -0.2) is 0 Å². The molecule has 2 N–H and O–H groups in total. The molecule has 0 atom stereocenters. The normalized spacial score (nSPS) is 11.9. The van der Waals surface area contributed by atoms with Gasteiger partial charge in [0.2, 0.25) is 9.76 Å². The van der Waals surface area contributed by atoms with E-state index in [1.54, 1.807) is 7.11 Å². The van der Waals surface area contributed by atoms with E-state index in [-0.39, 0.29) is 6.16 Å². The van der Waals surface area contributed by atoms with E-state index in [1.807, 2.05) is 0 Å². The maximum Gasteiger partial charge on any atom is 0.325 e. The average molecular weight is 294 g/mol. The molecule has 18 heavy (non-hydrogen) atoms. The predicted octanol–water partition coefficient (Wildman–Crippen LogP) is 3.36. The first kappa shape index (κ1) is 18.3. The van der Waals surface area contributed by atoms with Crippen LogP contribution in [0.5, 0.6) is 0 Å². The molecule has 0 aromatic carbocycles. The van der Waals surface area contributed by atoms with Gasteiger partial charge in [-0.2, -0.15) is 0 Å². The highest BCUT2D eigenvalue weighted by molar-refractivity contribution is 7.51. The molecular formula is C12H27O4PSi. The van der Waals surface area contributed by atoms with Gasteiger partial charge in [0.1, 0.15) is 0 Å². The minimum atomic E-state index is -3.76. The lowest BCUT2D eigenvalue weighted by molar-refractivity contribution is 0.370. The molecule has 0 saturated carbocycles. The van der Waals surface area contributed by atoms with E-state index in [2.05, 4.69) is 0 Å². The summed E-state index contributed by atoms with van der Waals surface area (Å²) in [6, 6.07) is 1.19. The van der Waals surface area contributed by atoms with Crippen molar-refractivity contribution in [3.63, 3.8) is 0 Å². The molecule has 0 saturated heterocycles. The Morgan fingerprint density at radius 3 is 1.78 bits per heavy atom. The minimum Gasteiger partial charge on any atom is -0.421 e. The highest BCUT2D eigenvalue weighted by Crippen LogP contribution is 2.35. The van der Waals surface area contributed by atoms with Crippen LogP contribution in [0.2, 0.25) is 6.04 Å². The Balaban J connectivity index is 3.01. The zero-order valence-corrected chi connectivity index (χ0v) is 13.3. The molecule has 0 unspecified atom stereocenters. The van der Waals surface area contributed by atoms with Crippen LogP contribution >= 0.6 is 7.60 Å². The van der Waals surface area contributed by atoms with Crippen LogP contribution in [0.3, 0.4) is 0 Å². The largest absolute Gasteiger partial charge is 0.421 e. The van der Waals surface area contributed by atoms with E-state index in [0.717, 1.165) is 12.8 Å². The third-order valence-electron chi connectivity index (χ3n) is 2.87. The van der Waals surface area contributed by atoms with Gasteiger partial charge in [-0.1, -0.05) is 51.4 Å². The SMILES string of the molecule is CO[Si]CCCCCCCCCCCP(=O)(O)O. The maximum absolute atomic E-state index is 10.6. The van der Waals surface area contributed by atoms with Crippen molar-refractivity contribution in [2.75, 3.05) is 13.3 Å². The molecule has 108 valence electrons. The second-order valence-corrected chi connectivity index (χ2v) is 7.64. The number of hydrogen-bond acceptors (Lipinski definition) is 2. The van der Waals surface area contributed by atoms with Crippen molar-refractivity contribution in [2.45, 2.75) is 63.8 Å². The fraction of sp³-hybridized carbons (Fsp3) is 1.00. The van der Waals surface area contributed by atoms with Crippen LogP contribution in [0.15, 0.2) is 0 Å². The summed E-state index contributed by atoms with van der Waals surface area (Å²) >= 11 is 0. The Kier molecular flexibility index (Phi) is 12.6. The van der Waals surface area contributed by atoms with Crippen molar-refractivity contribution in [2.24, 2.45) is 0 Å². The average Bonchev–Trinajstić information content (AvgIpc) is 2.29. The first-order valence-corrected chi connectivity index (χ1v) is 9.78. The fourth-order valence-electron chi connectivity index (χ4n) is 1.85. The Bertz CT molecular complexity index is 220. The Morgan fingerprint density at radius 2 is 1.33 bits per heavy atom. The van der Waals surface area contributed by atoms with Gasteiger partial charge in [0.05, 0.1) is 0 Å². The third-order valence-corrected chi connectivity index (χ3v) is 4.62. The summed E-state index contributed by atoms with van der Waals surface area (Å²) in [7, 11) is -1.34. The second-order valence-electron chi connectivity index (χ2n) is 4.67. The van der Waals surface area contributed by atoms with Crippen LogP contribution in [0.25, 0.3) is 0 Å². The van der Waals surface area contributed by atoms with Gasteiger partial charge >= 0.3 is 7.60 Å². The molecular weight excluding hydrogens is 267 g/mol. The molecule has 0 heterocycles. The molecule has 2 radical (unpaired) electrons. The summed E-state index contributed by atoms with van der Waals surface area (Å²) < 4.78 is 15.6. The molecule has 0 fully saturated rings. The highest BCUT2D eigenvalue weighted by Gasteiger charge is 2.10. The standard InChI is InChI=1S/C12H27O4PSi/c1-16-18-12-10-8-6-4-2-3-5-7-9-11-17(13,14)15/h2-12H2,1H3,(H2,13,14,15). The second kappa shape index (κ2) is 12.4. The number of hydrogen-bond donors (Lipinski definition) is 2. The van der Waals surface area contributed by atoms with Gasteiger partial charge < -0.3 is 14.2 Å². The summed E-state index contributed by atoms with van der Waals surface area (Å²) in [5.74, 6) is 0. The topological polar surface area (TPSA) is 66.8 Å². The molecule has 6 heteroatoms. The van der Waals surface area contributed by atoms with Crippen LogP contribution < -0.4 is 0 Å². The molecule has 0 aromatic rings. The van der Waals surface area contributed by atoms with E-state index in [4.69, 9.17) is 14.2 Å². The van der Waals surface area contributed by atoms with Gasteiger partial charge in [0.15, 0.2) is 0 Å². The summed E-state index contributed by atoms with van der Waals surface area (Å²) in [6.45, 7) is 0. The van der Waals surface area contributed by atoms with Crippen molar-refractivity contribution >= 4 is 17.4 Å². The van der Waals surface area contributed by atoms with Gasteiger partial charge in [-0.3, -0.25) is 4.57 Å². The van der Waals surface area contributed by atoms with E-state index in [0.29, 0.717) is 16.2 Å². The van der Waals surface area contributed by atoms with Crippen molar-refractivity contribution in [1.29, 1.82) is 0 Å². The summed E-state index contributed by atoms with van der Waals surface area (Å²) in [5.41, 5.74) is 0. The summed E-state index contributed by atoms with van der Waals surface area (Å²) in [6.07, 6.45) is 10.4. The van der Waals surface area contributed by atoms with Crippen molar-refractivity contribution in [3.05, 3.63) is 0 Å². The molecule has 0 spiro atoms. The number of unbranched alkanes of at least 4 members (excludes halogenated alkanes) is 8. The Labute approximate surface area is 114 Å². The Hall–Kier alpha value is 0.327. The van der Waals surface area contributed by atoms with Gasteiger partial charge in [-0.15, -0.1) is 0 Å². The van der Waals surface area contributed by atoms with Gasteiger partial charge in [0, 0.05) is 13.3 Å². The van der Waals surface area contributed by atoms with Crippen LogP contribution in [-0.2, 0) is 8.99 Å². The third kappa shape index (κ3) is 16.3. The monoisotopic (exact) mass is 294 g/mol. The van der Waals surface area contributed by atoms with E-state index < -0.39 is 7.60 Å². The molecule has 4 nitrogen and oxygen atoms in total. The molecule has 0 aliphatic heterocycles. The quantitative estimate of drug-likeness (QED) is 0.310. The lowest BCUT2D eigenvalue weighted by atomic mass is 10.1. The van der Waals surface area contributed by atoms with Crippen LogP contribution in [0.1, 0.15) is 57.8 Å². The van der Waals surface area contributed by atoms with Gasteiger partial charge in [0.25, 0.3) is 0 Å². The molecule has 0 aliphatic rings. The van der Waals surface area contributed by atoms with Crippen molar-refractivity contribution in [1.82, 2.24) is 0 Å². The van der Waals surface area contributed by atoms with E-state index in [1.165, 1.54) is 44.6 Å². The Morgan fingerprint density at radius 1 is 0.889 bits per heavy atom. The molecule has 0 amide bonds. The van der Waals surface area contributed by atoms with E-state index in [9.17, 15) is 4.57 Å². The zero-order valence-electron chi connectivity index (χ0n) is 11.4. The van der Waals surface area contributed by atoms with E-state index >= 15 is 0 Å². The summed E-state index contributed by atoms with van der Waals surface area (Å²) in [5, 5.41) is 0. The van der Waals surface area contributed by atoms with Crippen LogP contribution in [-0.4, -0.2) is 32.8 Å². The van der Waals surface area contributed by atoms with Crippen molar-refractivity contribution < 1.29 is 18.8 Å². The van der Waals surface area contributed by atoms with Crippen LogP contribution in [0.4, 0.5) is 0 Å². The van der Waals surface area contributed by atoms with Crippen LogP contribution in [0, 0.1) is 0 Å². The smallest absolute Gasteiger partial charge is 0.325 e. The number of rotatable bonds is 13. The zero-order chi connectivity index (χ0) is 13.7. The van der Waals surface area contributed by atoms with Crippen molar-refractivity contribution in [3.8, 4) is 0 Å². The minimum absolute atomic E-state index is 0.0489. The highest BCUT2D eigenvalue weighted by atomic mass is 31.2. The fourth-order valence-corrected chi connectivity index (χ4v) is 3.09. The summed E-state index contributed by atoms with van der Waals surface area (Å²) in [4.78, 5) is 17.4. The first-order valence-electron chi connectivity index (χ1n) is 6.86. The predicted molar refractivity (Wildman–Crippen MR) is 76.0 cm³/mol. The molecule has 0 aliphatic carbocycles.